The van der Waals surface area contributed by atoms with Crippen molar-refractivity contribution >= 4 is 5.97 Å². The lowest BCUT2D eigenvalue weighted by Crippen LogP contribution is -2.21. The average Bonchev–Trinajstić information content (AvgIpc) is 2.16. The zero-order chi connectivity index (χ0) is 10.7. The quantitative estimate of drug-likeness (QED) is 0.763. The highest BCUT2D eigenvalue weighted by molar-refractivity contribution is 5.88. The van der Waals surface area contributed by atoms with E-state index in [9.17, 15) is 4.79 Å². The van der Waals surface area contributed by atoms with Crippen LogP contribution < -0.4 is 5.73 Å². The molecular formula is C10H14N2O2. The summed E-state index contributed by atoms with van der Waals surface area (Å²) >= 11 is 0. The molecule has 4 nitrogen and oxygen atoms in total. The van der Waals surface area contributed by atoms with Crippen LogP contribution in [-0.4, -0.2) is 16.1 Å². The first-order valence-corrected chi connectivity index (χ1v) is 4.47. The van der Waals surface area contributed by atoms with Gasteiger partial charge in [0.1, 0.15) is 0 Å². The van der Waals surface area contributed by atoms with Crippen molar-refractivity contribution in [2.24, 2.45) is 11.7 Å². The highest BCUT2D eigenvalue weighted by Crippen LogP contribution is 2.19. The number of nitrogens with zero attached hydrogens (tertiary/aromatic N) is 1. The predicted molar refractivity (Wildman–Crippen MR) is 53.0 cm³/mol. The lowest BCUT2D eigenvalue weighted by molar-refractivity contribution is 0.0694. The Morgan fingerprint density at radius 1 is 1.57 bits per heavy atom. The molecule has 14 heavy (non-hydrogen) atoms. The Kier molecular flexibility index (Phi) is 3.19. The molecule has 0 saturated heterocycles. The molecule has 0 aliphatic rings. The molecule has 1 rings (SSSR count). The predicted octanol–water partition coefficient (Wildman–Crippen LogP) is 1.44. The topological polar surface area (TPSA) is 76.2 Å². The summed E-state index contributed by atoms with van der Waals surface area (Å²) in [5, 5.41) is 8.90. The zero-order valence-electron chi connectivity index (χ0n) is 8.27. The number of carboxylic acids is 1. The Morgan fingerprint density at radius 3 is 2.71 bits per heavy atom. The summed E-state index contributed by atoms with van der Waals surface area (Å²) in [5.41, 5.74) is 6.49. The van der Waals surface area contributed by atoms with Crippen molar-refractivity contribution in [2.75, 3.05) is 0 Å². The van der Waals surface area contributed by atoms with Gasteiger partial charge in [-0.25, -0.2) is 4.79 Å². The van der Waals surface area contributed by atoms with Gasteiger partial charge in [0.15, 0.2) is 0 Å². The van der Waals surface area contributed by atoms with Crippen molar-refractivity contribution in [3.8, 4) is 0 Å². The summed E-state index contributed by atoms with van der Waals surface area (Å²) in [6.45, 7) is 3.87. The Morgan fingerprint density at radius 2 is 2.21 bits per heavy atom. The van der Waals surface area contributed by atoms with Gasteiger partial charge >= 0.3 is 5.97 Å². The van der Waals surface area contributed by atoms with Gasteiger partial charge in [0.25, 0.3) is 0 Å². The van der Waals surface area contributed by atoms with Crippen LogP contribution in [0.4, 0.5) is 0 Å². The van der Waals surface area contributed by atoms with Gasteiger partial charge in [-0.1, -0.05) is 13.8 Å². The van der Waals surface area contributed by atoms with Crippen molar-refractivity contribution in [2.45, 2.75) is 19.9 Å². The molecule has 4 heteroatoms. The molecule has 0 bridgehead atoms. The van der Waals surface area contributed by atoms with Crippen molar-refractivity contribution in [3.63, 3.8) is 0 Å². The Bertz CT molecular complexity index is 337. The molecule has 1 heterocycles. The van der Waals surface area contributed by atoms with E-state index in [1.165, 1.54) is 6.07 Å². The van der Waals surface area contributed by atoms with E-state index in [2.05, 4.69) is 4.98 Å². The minimum absolute atomic E-state index is 0.169. The molecule has 0 saturated carbocycles. The van der Waals surface area contributed by atoms with Crippen LogP contribution in [0.2, 0.25) is 0 Å². The van der Waals surface area contributed by atoms with Gasteiger partial charge in [0.2, 0.25) is 0 Å². The molecule has 0 aliphatic carbocycles. The molecular weight excluding hydrogens is 180 g/mol. The lowest BCUT2D eigenvalue weighted by atomic mass is 9.98. The summed E-state index contributed by atoms with van der Waals surface area (Å²) in [6.07, 6.45) is 1.56. The molecule has 1 atom stereocenters. The zero-order valence-corrected chi connectivity index (χ0v) is 8.27. The second-order valence-electron chi connectivity index (χ2n) is 3.51. The van der Waals surface area contributed by atoms with Gasteiger partial charge in [-0.05, 0) is 18.1 Å². The van der Waals surface area contributed by atoms with Crippen LogP contribution in [0.25, 0.3) is 0 Å². The fourth-order valence-electron chi connectivity index (χ4n) is 1.18. The normalized spacial score (nSPS) is 12.9. The summed E-state index contributed by atoms with van der Waals surface area (Å²) in [5.74, 6) is -0.813. The smallest absolute Gasteiger partial charge is 0.337 e. The first-order chi connectivity index (χ1) is 6.54. The maximum atomic E-state index is 10.9. The first kappa shape index (κ1) is 10.7. The van der Waals surface area contributed by atoms with Crippen LogP contribution in [0.15, 0.2) is 18.3 Å². The van der Waals surface area contributed by atoms with E-state index >= 15 is 0 Å². The van der Waals surface area contributed by atoms with Crippen molar-refractivity contribution < 1.29 is 9.90 Å². The number of nitrogens with two attached hydrogens (primary N) is 1. The fourth-order valence-corrected chi connectivity index (χ4v) is 1.18. The van der Waals surface area contributed by atoms with Crippen LogP contribution in [0.1, 0.15) is 35.9 Å². The van der Waals surface area contributed by atoms with Gasteiger partial charge in [0.05, 0.1) is 17.3 Å². The summed E-state index contributed by atoms with van der Waals surface area (Å²) in [7, 11) is 0. The van der Waals surface area contributed by atoms with E-state index < -0.39 is 5.97 Å². The number of rotatable bonds is 3. The SMILES string of the molecule is CC(C)[C@@H](N)c1ncccc1C(=O)O. The van der Waals surface area contributed by atoms with Gasteiger partial charge < -0.3 is 10.8 Å². The van der Waals surface area contributed by atoms with E-state index in [1.807, 2.05) is 13.8 Å². The largest absolute Gasteiger partial charge is 0.478 e. The highest BCUT2D eigenvalue weighted by atomic mass is 16.4. The number of carbonyl (C=O) groups is 1. The number of carboxylic acid groups (broad SMARTS) is 1. The average molecular weight is 194 g/mol. The van der Waals surface area contributed by atoms with Gasteiger partial charge in [-0.2, -0.15) is 0 Å². The second kappa shape index (κ2) is 4.19. The highest BCUT2D eigenvalue weighted by Gasteiger charge is 2.19. The minimum Gasteiger partial charge on any atom is -0.478 e. The van der Waals surface area contributed by atoms with Crippen LogP contribution >= 0.6 is 0 Å². The number of hydrogen-bond donors (Lipinski definition) is 2. The summed E-state index contributed by atoms with van der Waals surface area (Å²) < 4.78 is 0. The number of aromatic nitrogens is 1. The van der Waals surface area contributed by atoms with E-state index in [-0.39, 0.29) is 17.5 Å². The van der Waals surface area contributed by atoms with Gasteiger partial charge in [0, 0.05) is 6.20 Å². The Hall–Kier alpha value is -1.42. The molecule has 0 aliphatic heterocycles. The molecule has 1 aromatic rings. The van der Waals surface area contributed by atoms with Crippen molar-refractivity contribution in [1.82, 2.24) is 4.98 Å². The number of pyridine rings is 1. The second-order valence-corrected chi connectivity index (χ2v) is 3.51. The third kappa shape index (κ3) is 2.09. The van der Waals surface area contributed by atoms with Crippen LogP contribution in [0.3, 0.4) is 0 Å². The third-order valence-corrected chi connectivity index (χ3v) is 2.10. The van der Waals surface area contributed by atoms with E-state index in [1.54, 1.807) is 12.3 Å². The monoisotopic (exact) mass is 194 g/mol. The summed E-state index contributed by atoms with van der Waals surface area (Å²) in [4.78, 5) is 14.9. The first-order valence-electron chi connectivity index (χ1n) is 4.47. The number of aromatic carboxylic acids is 1. The van der Waals surface area contributed by atoms with Crippen LogP contribution in [0.5, 0.6) is 0 Å². The lowest BCUT2D eigenvalue weighted by Gasteiger charge is -2.16. The minimum atomic E-state index is -0.982. The maximum absolute atomic E-state index is 10.9. The van der Waals surface area contributed by atoms with Crippen LogP contribution in [-0.2, 0) is 0 Å². The molecule has 1 aromatic heterocycles. The van der Waals surface area contributed by atoms with E-state index in [4.69, 9.17) is 10.8 Å². The maximum Gasteiger partial charge on any atom is 0.337 e. The molecule has 0 unspecified atom stereocenters. The third-order valence-electron chi connectivity index (χ3n) is 2.10. The standard InChI is InChI=1S/C10H14N2O2/c1-6(2)8(11)9-7(10(13)14)4-3-5-12-9/h3-6,8H,11H2,1-2H3,(H,13,14)/t8-/m1/s1. The van der Waals surface area contributed by atoms with Crippen LogP contribution in [0, 0.1) is 5.92 Å². The van der Waals surface area contributed by atoms with Crippen molar-refractivity contribution in [3.05, 3.63) is 29.6 Å². The Labute approximate surface area is 82.8 Å². The molecule has 0 fully saturated rings. The van der Waals surface area contributed by atoms with Crippen molar-refractivity contribution in [1.29, 1.82) is 0 Å². The molecule has 76 valence electrons. The molecule has 0 amide bonds. The summed E-state index contributed by atoms with van der Waals surface area (Å²) in [6, 6.07) is 2.79. The van der Waals surface area contributed by atoms with Gasteiger partial charge in [-0.15, -0.1) is 0 Å². The molecule has 0 aromatic carbocycles. The Balaban J connectivity index is 3.13. The molecule has 0 spiro atoms. The fraction of sp³-hybridized carbons (Fsp3) is 0.400. The molecule has 0 radical (unpaired) electrons. The van der Waals surface area contributed by atoms with Gasteiger partial charge in [-0.3, -0.25) is 4.98 Å². The molecule has 3 N–H and O–H groups in total. The van der Waals surface area contributed by atoms with E-state index in [0.717, 1.165) is 0 Å². The number of hydrogen-bond acceptors (Lipinski definition) is 3. The van der Waals surface area contributed by atoms with E-state index in [0.29, 0.717) is 5.69 Å².